The third-order valence-corrected chi connectivity index (χ3v) is 7.85. The van der Waals surface area contributed by atoms with Crippen molar-refractivity contribution in [3.63, 3.8) is 0 Å². The van der Waals surface area contributed by atoms with E-state index < -0.39 is 18.7 Å². The van der Waals surface area contributed by atoms with Crippen molar-refractivity contribution < 1.29 is 32.3 Å². The summed E-state index contributed by atoms with van der Waals surface area (Å²) in [5.74, 6) is 1.48. The van der Waals surface area contributed by atoms with E-state index in [0.29, 0.717) is 56.5 Å². The van der Waals surface area contributed by atoms with E-state index in [2.05, 4.69) is 37.1 Å². The molecule has 2 fully saturated rings. The number of anilines is 5. The number of rotatable bonds is 11. The summed E-state index contributed by atoms with van der Waals surface area (Å²) >= 11 is 0. The number of hydroxylamine groups is 1. The zero-order valence-corrected chi connectivity index (χ0v) is 26.7. The number of nitrogens with one attached hydrogen (secondary N) is 2. The molecule has 2 saturated heterocycles. The Morgan fingerprint density at radius 1 is 1.02 bits per heavy atom. The van der Waals surface area contributed by atoms with Crippen LogP contribution in [0.5, 0.6) is 17.4 Å². The van der Waals surface area contributed by atoms with Crippen LogP contribution in [0.3, 0.4) is 0 Å². The third kappa shape index (κ3) is 8.55. The van der Waals surface area contributed by atoms with Crippen LogP contribution in [-0.2, 0) is 9.63 Å². The average Bonchev–Trinajstić information content (AvgIpc) is 3.59. The Morgan fingerprint density at radius 2 is 1.80 bits per heavy atom. The molecule has 2 aliphatic rings. The molecule has 49 heavy (non-hydrogen) atoms. The molecule has 2 N–H and O–H groups in total. The number of benzene rings is 2. The van der Waals surface area contributed by atoms with E-state index >= 15 is 0 Å². The molecule has 0 saturated carbocycles. The van der Waals surface area contributed by atoms with E-state index in [0.717, 1.165) is 11.6 Å². The summed E-state index contributed by atoms with van der Waals surface area (Å²) in [6, 6.07) is 20.0. The summed E-state index contributed by atoms with van der Waals surface area (Å²) in [4.78, 5) is 35.6. The number of piperazine rings is 1. The molecular weight excluding hydrogens is 641 g/mol. The topological polar surface area (TPSA) is 117 Å². The number of halogens is 3. The number of amides is 1. The molecular formula is C34H35F3N8O4. The zero-order valence-electron chi connectivity index (χ0n) is 26.7. The minimum atomic E-state index is -4.61. The highest BCUT2D eigenvalue weighted by atomic mass is 19.4. The second-order valence-electron chi connectivity index (χ2n) is 11.4. The highest BCUT2D eigenvalue weighted by molar-refractivity contribution is 6.01. The first kappa shape index (κ1) is 33.5. The van der Waals surface area contributed by atoms with Crippen LogP contribution >= 0.6 is 0 Å². The van der Waals surface area contributed by atoms with Gasteiger partial charge < -0.3 is 29.9 Å². The molecule has 0 bridgehead atoms. The summed E-state index contributed by atoms with van der Waals surface area (Å²) in [5, 5.41) is 7.42. The van der Waals surface area contributed by atoms with Crippen LogP contribution in [0.4, 0.5) is 42.0 Å². The lowest BCUT2D eigenvalue weighted by Crippen LogP contribution is -2.45. The molecule has 256 valence electrons. The number of para-hydroxylation sites is 1. The van der Waals surface area contributed by atoms with E-state index in [4.69, 9.17) is 14.3 Å². The summed E-state index contributed by atoms with van der Waals surface area (Å²) in [5.41, 5.74) is 1.26. The van der Waals surface area contributed by atoms with Gasteiger partial charge in [0.2, 0.25) is 11.8 Å². The minimum absolute atomic E-state index is 0.0517. The molecule has 1 atom stereocenters. The number of nitrogens with zero attached hydrogens (tertiary/aromatic N) is 6. The van der Waals surface area contributed by atoms with Gasteiger partial charge in [-0.1, -0.05) is 36.9 Å². The Bertz CT molecular complexity index is 1770. The Kier molecular flexibility index (Phi) is 10.1. The quantitative estimate of drug-likeness (QED) is 0.179. The Hall–Kier alpha value is -5.41. The van der Waals surface area contributed by atoms with Gasteiger partial charge in [-0.3, -0.25) is 9.63 Å². The summed E-state index contributed by atoms with van der Waals surface area (Å²) in [6.45, 7) is 4.85. The van der Waals surface area contributed by atoms with Gasteiger partial charge in [0, 0.05) is 38.7 Å². The van der Waals surface area contributed by atoms with E-state index in [1.54, 1.807) is 11.1 Å². The van der Waals surface area contributed by atoms with Gasteiger partial charge in [-0.2, -0.15) is 18.2 Å². The van der Waals surface area contributed by atoms with Crippen molar-refractivity contribution in [3.05, 3.63) is 91.3 Å². The predicted molar refractivity (Wildman–Crippen MR) is 178 cm³/mol. The fourth-order valence-corrected chi connectivity index (χ4v) is 5.45. The molecule has 1 amide bonds. The van der Waals surface area contributed by atoms with Crippen molar-refractivity contribution in [2.75, 3.05) is 67.0 Å². The van der Waals surface area contributed by atoms with Crippen LogP contribution in [-0.4, -0.2) is 78.4 Å². The first-order chi connectivity index (χ1) is 23.6. The maximum Gasteiger partial charge on any atom is 0.422 e. The number of carbonyl (C=O) groups excluding carboxylic acids is 1. The van der Waals surface area contributed by atoms with Gasteiger partial charge in [0.1, 0.15) is 29.3 Å². The maximum atomic E-state index is 13.3. The van der Waals surface area contributed by atoms with E-state index in [1.807, 2.05) is 66.5 Å². The number of ether oxygens (including phenoxy) is 2. The van der Waals surface area contributed by atoms with Gasteiger partial charge in [-0.15, -0.1) is 0 Å². The summed E-state index contributed by atoms with van der Waals surface area (Å²) in [7, 11) is 1.97. The van der Waals surface area contributed by atoms with E-state index in [-0.39, 0.29) is 34.9 Å². The lowest BCUT2D eigenvalue weighted by molar-refractivity contribution is -0.153. The number of hydrogen-bond donors (Lipinski definition) is 2. The van der Waals surface area contributed by atoms with Crippen LogP contribution < -0.4 is 30.1 Å². The van der Waals surface area contributed by atoms with E-state index in [9.17, 15) is 18.0 Å². The normalized spacial score (nSPS) is 16.7. The first-order valence-corrected chi connectivity index (χ1v) is 15.6. The fraction of sp³-hybridized carbons (Fsp3) is 0.294. The predicted octanol–water partition coefficient (Wildman–Crippen LogP) is 6.11. The van der Waals surface area contributed by atoms with Crippen molar-refractivity contribution >= 4 is 34.7 Å². The Balaban J connectivity index is 1.29. The number of hydrogen-bond acceptors (Lipinski definition) is 11. The van der Waals surface area contributed by atoms with Crippen molar-refractivity contribution in [3.8, 4) is 17.4 Å². The fourth-order valence-electron chi connectivity index (χ4n) is 5.45. The summed E-state index contributed by atoms with van der Waals surface area (Å²) < 4.78 is 51.2. The van der Waals surface area contributed by atoms with Crippen LogP contribution in [0.25, 0.3) is 0 Å². The van der Waals surface area contributed by atoms with Crippen LogP contribution in [0.15, 0.2) is 85.7 Å². The molecule has 0 radical (unpaired) electrons. The SMILES string of the molecule is C=CC(=O)Nc1cc(Nc2cc(N3OCC[C@@H]3c3cccc(Oc4ccccc4)c3)ncn2)c(OCC(F)(F)F)nc1N1CCN(C)CC1. The third-order valence-electron chi connectivity index (χ3n) is 7.85. The molecule has 2 aromatic heterocycles. The maximum absolute atomic E-state index is 13.3. The number of aromatic nitrogens is 3. The highest BCUT2D eigenvalue weighted by Crippen LogP contribution is 2.39. The van der Waals surface area contributed by atoms with Crippen LogP contribution in [0.1, 0.15) is 18.0 Å². The molecule has 0 aliphatic carbocycles. The number of likely N-dealkylation sites (N-methyl/N-ethyl adjacent to an activating group) is 1. The number of alkyl halides is 3. The monoisotopic (exact) mass is 676 g/mol. The zero-order chi connectivity index (χ0) is 34.4. The molecule has 0 unspecified atom stereocenters. The van der Waals surface area contributed by atoms with Crippen LogP contribution in [0.2, 0.25) is 0 Å². The standard InChI is InChI=1S/C34H35F3N8O4/c1-3-31(46)41-26-19-27(33(47-21-34(35,36)37)42-32(26)44-15-13-43(2)14-16-44)40-29-20-30(39-22-38-29)45-28(12-17-48-45)23-8-7-11-25(18-23)49-24-9-5-4-6-10-24/h3-11,18-20,22,28H,1,12-17,21H2,2H3,(H,41,46)(H,38,39,40)/t28-/m1/s1. The lowest BCUT2D eigenvalue weighted by Gasteiger charge is -2.34. The van der Waals surface area contributed by atoms with E-state index in [1.165, 1.54) is 12.4 Å². The van der Waals surface area contributed by atoms with Gasteiger partial charge in [-0.25, -0.2) is 15.0 Å². The van der Waals surface area contributed by atoms with Crippen molar-refractivity contribution in [2.24, 2.45) is 0 Å². The summed E-state index contributed by atoms with van der Waals surface area (Å²) in [6.07, 6.45) is -1.53. The Labute approximate surface area is 281 Å². The second-order valence-corrected chi connectivity index (χ2v) is 11.4. The largest absolute Gasteiger partial charge is 0.466 e. The molecule has 0 spiro atoms. The van der Waals surface area contributed by atoms with Crippen molar-refractivity contribution in [2.45, 2.75) is 18.6 Å². The van der Waals surface area contributed by atoms with Gasteiger partial charge in [0.15, 0.2) is 18.2 Å². The smallest absolute Gasteiger partial charge is 0.422 e. The molecule has 6 rings (SSSR count). The lowest BCUT2D eigenvalue weighted by atomic mass is 10.0. The average molecular weight is 677 g/mol. The second kappa shape index (κ2) is 14.8. The molecule has 4 aromatic rings. The van der Waals surface area contributed by atoms with Crippen LogP contribution in [0, 0.1) is 0 Å². The Morgan fingerprint density at radius 3 is 2.55 bits per heavy atom. The van der Waals surface area contributed by atoms with Gasteiger partial charge in [0.05, 0.1) is 18.3 Å². The number of pyridine rings is 1. The molecule has 12 nitrogen and oxygen atoms in total. The molecule has 2 aromatic carbocycles. The highest BCUT2D eigenvalue weighted by Gasteiger charge is 2.32. The number of carbonyl (C=O) groups is 1. The molecule has 2 aliphatic heterocycles. The molecule has 4 heterocycles. The first-order valence-electron chi connectivity index (χ1n) is 15.6. The van der Waals surface area contributed by atoms with Gasteiger partial charge in [0.25, 0.3) is 0 Å². The molecule has 15 heteroatoms. The minimum Gasteiger partial charge on any atom is -0.466 e. The van der Waals surface area contributed by atoms with Gasteiger partial charge >= 0.3 is 6.18 Å². The van der Waals surface area contributed by atoms with Gasteiger partial charge in [-0.05, 0) is 49.0 Å². The van der Waals surface area contributed by atoms with Crippen molar-refractivity contribution in [1.29, 1.82) is 0 Å². The van der Waals surface area contributed by atoms with Crippen molar-refractivity contribution in [1.82, 2.24) is 19.9 Å².